The summed E-state index contributed by atoms with van der Waals surface area (Å²) in [4.78, 5) is 17.7. The molecule has 8 heteroatoms. The minimum Gasteiger partial charge on any atom is -0.463 e. The number of carbonyl (C=O) groups is 1. The van der Waals surface area contributed by atoms with Gasteiger partial charge in [0.2, 0.25) is 0 Å². The number of benzene rings is 2. The summed E-state index contributed by atoms with van der Waals surface area (Å²) in [5.74, 6) is 0.377. The molecule has 5 aromatic rings. The maximum absolute atomic E-state index is 13.1. The molecule has 0 aliphatic heterocycles. The summed E-state index contributed by atoms with van der Waals surface area (Å²) in [5, 5.41) is 14.8. The number of nitrogens with zero attached hydrogens (tertiary/aromatic N) is 5. The van der Waals surface area contributed by atoms with E-state index in [1.54, 1.807) is 30.5 Å². The Morgan fingerprint density at radius 1 is 1.00 bits per heavy atom. The van der Waals surface area contributed by atoms with E-state index in [4.69, 9.17) is 4.42 Å². The Labute approximate surface area is 164 Å². The molecule has 2 aromatic carbocycles. The average molecular weight is 382 g/mol. The number of hydrogen-bond donors (Lipinski definition) is 1. The Balaban J connectivity index is 1.49. The number of anilines is 1. The van der Waals surface area contributed by atoms with E-state index in [1.165, 1.54) is 11.0 Å². The molecule has 140 valence electrons. The van der Waals surface area contributed by atoms with Gasteiger partial charge in [-0.3, -0.25) is 4.79 Å². The first-order valence-corrected chi connectivity index (χ1v) is 8.86. The van der Waals surface area contributed by atoms with Crippen LogP contribution in [0.15, 0.2) is 83.7 Å². The van der Waals surface area contributed by atoms with Gasteiger partial charge in [0.05, 0.1) is 23.0 Å². The molecule has 0 radical (unpaired) electrons. The van der Waals surface area contributed by atoms with Crippen molar-refractivity contribution >= 4 is 22.5 Å². The van der Waals surface area contributed by atoms with Crippen LogP contribution in [0.2, 0.25) is 0 Å². The third-order valence-corrected chi connectivity index (χ3v) is 4.47. The summed E-state index contributed by atoms with van der Waals surface area (Å²) in [6, 6.07) is 20.1. The second-order valence-electron chi connectivity index (χ2n) is 6.30. The summed E-state index contributed by atoms with van der Waals surface area (Å²) in [7, 11) is 0. The molecule has 3 heterocycles. The lowest BCUT2D eigenvalue weighted by Crippen LogP contribution is -2.13. The number of rotatable bonds is 4. The maximum atomic E-state index is 13.1. The van der Waals surface area contributed by atoms with Gasteiger partial charge in [0.15, 0.2) is 5.76 Å². The van der Waals surface area contributed by atoms with Crippen LogP contribution in [0.3, 0.4) is 0 Å². The van der Waals surface area contributed by atoms with Crippen molar-refractivity contribution in [2.75, 3.05) is 5.32 Å². The number of nitrogens with one attached hydrogen (secondary N) is 1. The summed E-state index contributed by atoms with van der Waals surface area (Å²) in [5.41, 5.74) is 3.30. The zero-order valence-electron chi connectivity index (χ0n) is 15.1. The molecule has 0 atom stereocenters. The zero-order chi connectivity index (χ0) is 19.6. The maximum Gasteiger partial charge on any atom is 0.256 e. The van der Waals surface area contributed by atoms with Crippen LogP contribution < -0.4 is 5.32 Å². The highest BCUT2D eigenvalue weighted by Crippen LogP contribution is 2.26. The largest absolute Gasteiger partial charge is 0.463 e. The summed E-state index contributed by atoms with van der Waals surface area (Å²) in [6.07, 6.45) is 3.09. The molecule has 0 fully saturated rings. The van der Waals surface area contributed by atoms with Crippen LogP contribution in [0, 0.1) is 0 Å². The lowest BCUT2D eigenvalue weighted by atomic mass is 10.1. The van der Waals surface area contributed by atoms with Gasteiger partial charge in [-0.05, 0) is 59.0 Å². The number of hydrogen-bond acceptors (Lipinski definition) is 6. The van der Waals surface area contributed by atoms with Crippen LogP contribution in [0.5, 0.6) is 0 Å². The number of carbonyl (C=O) groups excluding carboxylic acids is 1. The van der Waals surface area contributed by atoms with Crippen molar-refractivity contribution in [2.45, 2.75) is 0 Å². The fraction of sp³-hybridized carbons (Fsp3) is 0. The normalized spacial score (nSPS) is 10.9. The van der Waals surface area contributed by atoms with Crippen molar-refractivity contribution in [3.8, 4) is 17.1 Å². The Hall–Kier alpha value is -4.33. The average Bonchev–Trinajstić information content (AvgIpc) is 3.48. The highest BCUT2D eigenvalue weighted by molar-refractivity contribution is 6.13. The molecule has 1 amide bonds. The van der Waals surface area contributed by atoms with E-state index in [0.29, 0.717) is 22.7 Å². The molecule has 0 saturated heterocycles. The Morgan fingerprint density at radius 2 is 1.86 bits per heavy atom. The molecule has 0 aliphatic rings. The Morgan fingerprint density at radius 3 is 2.62 bits per heavy atom. The predicted molar refractivity (Wildman–Crippen MR) is 107 cm³/mol. The van der Waals surface area contributed by atoms with Crippen LogP contribution in [0.25, 0.3) is 28.0 Å². The lowest BCUT2D eigenvalue weighted by Gasteiger charge is -2.10. The second kappa shape index (κ2) is 7.01. The minimum absolute atomic E-state index is 0.230. The lowest BCUT2D eigenvalue weighted by molar-refractivity contribution is 0.102. The fourth-order valence-electron chi connectivity index (χ4n) is 3.09. The number of amides is 1. The van der Waals surface area contributed by atoms with E-state index >= 15 is 0 Å². The molecule has 0 spiro atoms. The molecule has 3 aromatic heterocycles. The molecule has 0 aliphatic carbocycles. The van der Waals surface area contributed by atoms with E-state index in [2.05, 4.69) is 25.8 Å². The van der Waals surface area contributed by atoms with Crippen LogP contribution in [0.1, 0.15) is 10.4 Å². The zero-order valence-corrected chi connectivity index (χ0v) is 15.1. The Kier molecular flexibility index (Phi) is 4.06. The number of furan rings is 1. The topological polar surface area (TPSA) is 98.7 Å². The van der Waals surface area contributed by atoms with Gasteiger partial charge in [0.1, 0.15) is 12.0 Å². The Bertz CT molecular complexity index is 1280. The van der Waals surface area contributed by atoms with Crippen molar-refractivity contribution in [2.24, 2.45) is 0 Å². The molecule has 5 rings (SSSR count). The van der Waals surface area contributed by atoms with Gasteiger partial charge in [-0.15, -0.1) is 5.10 Å². The van der Waals surface area contributed by atoms with E-state index < -0.39 is 0 Å². The first-order valence-electron chi connectivity index (χ1n) is 8.86. The SMILES string of the molecule is O=C(Nc1ccc(-n2cnnn2)cc1)c1cc(-c2ccco2)nc2ccccc12. The first kappa shape index (κ1) is 16.8. The summed E-state index contributed by atoms with van der Waals surface area (Å²) < 4.78 is 7.00. The van der Waals surface area contributed by atoms with Gasteiger partial charge in [0, 0.05) is 11.1 Å². The number of para-hydroxylation sites is 1. The number of pyridine rings is 1. The third-order valence-electron chi connectivity index (χ3n) is 4.47. The molecule has 0 saturated carbocycles. The van der Waals surface area contributed by atoms with Crippen molar-refractivity contribution < 1.29 is 9.21 Å². The molecule has 29 heavy (non-hydrogen) atoms. The van der Waals surface area contributed by atoms with Crippen molar-refractivity contribution in [1.82, 2.24) is 25.2 Å². The van der Waals surface area contributed by atoms with Gasteiger partial charge >= 0.3 is 0 Å². The van der Waals surface area contributed by atoms with E-state index in [9.17, 15) is 4.79 Å². The monoisotopic (exact) mass is 382 g/mol. The summed E-state index contributed by atoms with van der Waals surface area (Å²) in [6.45, 7) is 0. The first-order chi connectivity index (χ1) is 14.3. The second-order valence-corrected chi connectivity index (χ2v) is 6.30. The summed E-state index contributed by atoms with van der Waals surface area (Å²) >= 11 is 0. The van der Waals surface area contributed by atoms with Crippen LogP contribution in [-0.4, -0.2) is 31.1 Å². The van der Waals surface area contributed by atoms with Gasteiger partial charge in [-0.2, -0.15) is 0 Å². The van der Waals surface area contributed by atoms with Gasteiger partial charge in [0.25, 0.3) is 5.91 Å². The van der Waals surface area contributed by atoms with Crippen LogP contribution >= 0.6 is 0 Å². The van der Waals surface area contributed by atoms with Gasteiger partial charge in [-0.1, -0.05) is 18.2 Å². The number of aromatic nitrogens is 5. The number of fused-ring (bicyclic) bond motifs is 1. The molecule has 0 unspecified atom stereocenters. The standard InChI is InChI=1S/C21H14N6O2/c28-21(23-14-7-9-15(10-8-14)27-13-22-25-26-27)17-12-19(20-6-3-11-29-20)24-18-5-2-1-4-16(17)18/h1-13H,(H,23,28). The third kappa shape index (κ3) is 3.23. The van der Waals surface area contributed by atoms with E-state index in [0.717, 1.165) is 16.6 Å². The van der Waals surface area contributed by atoms with Crippen molar-refractivity contribution in [3.05, 3.63) is 84.9 Å². The van der Waals surface area contributed by atoms with Crippen molar-refractivity contribution in [1.29, 1.82) is 0 Å². The highest BCUT2D eigenvalue weighted by Gasteiger charge is 2.15. The van der Waals surface area contributed by atoms with Crippen molar-refractivity contribution in [3.63, 3.8) is 0 Å². The number of tetrazole rings is 1. The van der Waals surface area contributed by atoms with E-state index in [-0.39, 0.29) is 5.91 Å². The predicted octanol–water partition coefficient (Wildman–Crippen LogP) is 3.72. The molecular weight excluding hydrogens is 368 g/mol. The van der Waals surface area contributed by atoms with Crippen LogP contribution in [0.4, 0.5) is 5.69 Å². The van der Waals surface area contributed by atoms with E-state index in [1.807, 2.05) is 42.5 Å². The molecule has 0 bridgehead atoms. The van der Waals surface area contributed by atoms with Crippen LogP contribution in [-0.2, 0) is 0 Å². The molecule has 1 N–H and O–H groups in total. The molecular formula is C21H14N6O2. The fourth-order valence-corrected chi connectivity index (χ4v) is 3.09. The molecule has 8 nitrogen and oxygen atoms in total. The minimum atomic E-state index is -0.230. The van der Waals surface area contributed by atoms with Gasteiger partial charge < -0.3 is 9.73 Å². The quantitative estimate of drug-likeness (QED) is 0.509. The van der Waals surface area contributed by atoms with Gasteiger partial charge in [-0.25, -0.2) is 9.67 Å². The highest BCUT2D eigenvalue weighted by atomic mass is 16.3. The smallest absolute Gasteiger partial charge is 0.256 e.